The molecule has 2 aromatic carbocycles. The highest BCUT2D eigenvalue weighted by molar-refractivity contribution is 7.89. The minimum absolute atomic E-state index is 0.0565. The zero-order valence-electron chi connectivity index (χ0n) is 19.8. The molecule has 10 nitrogen and oxygen atoms in total. The van der Waals surface area contributed by atoms with Crippen molar-refractivity contribution in [2.75, 3.05) is 45.2 Å². The normalized spacial score (nSPS) is 14.7. The molecule has 0 aliphatic carbocycles. The maximum Gasteiger partial charge on any atom is 0.243 e. The highest BCUT2D eigenvalue weighted by Gasteiger charge is 2.27. The number of hydrogen-bond acceptors (Lipinski definition) is 6. The van der Waals surface area contributed by atoms with E-state index in [2.05, 4.69) is 10.3 Å². The van der Waals surface area contributed by atoms with Gasteiger partial charge in [-0.25, -0.2) is 13.4 Å². The molecular weight excluding hydrogens is 470 g/mol. The third kappa shape index (κ3) is 5.69. The second kappa shape index (κ2) is 10.5. The number of nitrogens with one attached hydrogen (secondary N) is 1. The lowest BCUT2D eigenvalue weighted by Crippen LogP contribution is -2.40. The fourth-order valence-electron chi connectivity index (χ4n) is 3.98. The van der Waals surface area contributed by atoms with Gasteiger partial charge in [-0.3, -0.25) is 9.59 Å². The van der Waals surface area contributed by atoms with Crippen molar-refractivity contribution in [3.05, 3.63) is 54.4 Å². The number of aromatic nitrogens is 2. The number of anilines is 1. The lowest BCUT2D eigenvalue weighted by molar-refractivity contribution is -0.133. The second-order valence-electron chi connectivity index (χ2n) is 8.42. The number of sulfonamides is 1. The number of rotatable bonds is 8. The van der Waals surface area contributed by atoms with E-state index in [1.54, 1.807) is 37.4 Å². The molecule has 0 bridgehead atoms. The van der Waals surface area contributed by atoms with Gasteiger partial charge in [-0.1, -0.05) is 18.2 Å². The summed E-state index contributed by atoms with van der Waals surface area (Å²) in [6, 6.07) is 14.0. The third-order valence-corrected chi connectivity index (χ3v) is 7.87. The topological polar surface area (TPSA) is 114 Å². The minimum Gasteiger partial charge on any atom is -0.379 e. The van der Waals surface area contributed by atoms with Crippen molar-refractivity contribution in [2.45, 2.75) is 17.7 Å². The van der Waals surface area contributed by atoms with Crippen LogP contribution in [0.3, 0.4) is 0 Å². The standard InChI is InChI=1S/C24H29N5O5S/c1-27(17-23(30)25-18-6-4-3-5-7-18)24(31)11-10-22-26-20-16-19(8-9-21(20)28(22)2)35(32,33)29-12-14-34-15-13-29/h3-9,16H,10-15,17H2,1-2H3,(H,25,30). The average molecular weight is 500 g/mol. The van der Waals surface area contributed by atoms with E-state index in [0.717, 1.165) is 5.52 Å². The van der Waals surface area contributed by atoms with E-state index in [1.165, 1.54) is 9.21 Å². The Morgan fingerprint density at radius 3 is 2.54 bits per heavy atom. The molecule has 0 spiro atoms. The summed E-state index contributed by atoms with van der Waals surface area (Å²) in [4.78, 5) is 31.0. The minimum atomic E-state index is -3.62. The van der Waals surface area contributed by atoms with Crippen LogP contribution in [0.2, 0.25) is 0 Å². The second-order valence-corrected chi connectivity index (χ2v) is 10.4. The Morgan fingerprint density at radius 1 is 1.11 bits per heavy atom. The fourth-order valence-corrected chi connectivity index (χ4v) is 5.41. The van der Waals surface area contributed by atoms with Gasteiger partial charge in [0.05, 0.1) is 35.7 Å². The number of likely N-dealkylation sites (N-methyl/N-ethyl adjacent to an activating group) is 1. The van der Waals surface area contributed by atoms with E-state index in [9.17, 15) is 18.0 Å². The van der Waals surface area contributed by atoms with Crippen LogP contribution in [-0.4, -0.2) is 78.9 Å². The highest BCUT2D eigenvalue weighted by atomic mass is 32.2. The quantitative estimate of drug-likeness (QED) is 0.504. The molecular formula is C24H29N5O5S. The number of carbonyl (C=O) groups excluding carboxylic acids is 2. The van der Waals surface area contributed by atoms with Crippen LogP contribution in [0, 0.1) is 0 Å². The van der Waals surface area contributed by atoms with Crippen molar-refractivity contribution in [2.24, 2.45) is 7.05 Å². The van der Waals surface area contributed by atoms with Gasteiger partial charge in [0.15, 0.2) is 0 Å². The number of benzene rings is 2. The first-order valence-corrected chi connectivity index (χ1v) is 12.8. The number of morpholine rings is 1. The Bertz CT molecular complexity index is 1320. The number of aryl methyl sites for hydroxylation is 2. The number of hydrogen-bond donors (Lipinski definition) is 1. The fraction of sp³-hybridized carbons (Fsp3) is 0.375. The number of fused-ring (bicyclic) bond motifs is 1. The molecule has 1 N–H and O–H groups in total. The van der Waals surface area contributed by atoms with Gasteiger partial charge in [0.1, 0.15) is 5.82 Å². The molecule has 1 aliphatic rings. The predicted octanol–water partition coefficient (Wildman–Crippen LogP) is 1.62. The lowest BCUT2D eigenvalue weighted by Gasteiger charge is -2.26. The van der Waals surface area contributed by atoms with E-state index in [4.69, 9.17) is 4.74 Å². The van der Waals surface area contributed by atoms with Gasteiger partial charge in [-0.15, -0.1) is 0 Å². The first kappa shape index (κ1) is 24.8. The van der Waals surface area contributed by atoms with Gasteiger partial charge in [0.2, 0.25) is 21.8 Å². The van der Waals surface area contributed by atoms with Gasteiger partial charge < -0.3 is 19.5 Å². The molecule has 0 atom stereocenters. The predicted molar refractivity (Wildman–Crippen MR) is 131 cm³/mol. The monoisotopic (exact) mass is 499 g/mol. The number of para-hydroxylation sites is 1. The van der Waals surface area contributed by atoms with Crippen LogP contribution in [0.4, 0.5) is 5.69 Å². The summed E-state index contributed by atoms with van der Waals surface area (Å²) in [5, 5.41) is 2.76. The lowest BCUT2D eigenvalue weighted by atomic mass is 10.2. The van der Waals surface area contributed by atoms with Gasteiger partial charge >= 0.3 is 0 Å². The van der Waals surface area contributed by atoms with E-state index >= 15 is 0 Å². The summed E-state index contributed by atoms with van der Waals surface area (Å²) in [7, 11) is -0.199. The summed E-state index contributed by atoms with van der Waals surface area (Å²) in [6.07, 6.45) is 0.533. The zero-order chi connectivity index (χ0) is 25.0. The van der Waals surface area contributed by atoms with Crippen molar-refractivity contribution in [3.8, 4) is 0 Å². The molecule has 35 heavy (non-hydrogen) atoms. The van der Waals surface area contributed by atoms with Crippen LogP contribution in [-0.2, 0) is 37.8 Å². The molecule has 4 rings (SSSR count). The molecule has 0 saturated carbocycles. The summed E-state index contributed by atoms with van der Waals surface area (Å²) in [5.74, 6) is 0.205. The first-order valence-electron chi connectivity index (χ1n) is 11.4. The summed E-state index contributed by atoms with van der Waals surface area (Å²) < 4.78 is 34.5. The Hall–Kier alpha value is -3.28. The molecule has 0 unspecified atom stereocenters. The first-order chi connectivity index (χ1) is 16.8. The van der Waals surface area contributed by atoms with Crippen LogP contribution in [0.5, 0.6) is 0 Å². The molecule has 186 valence electrons. The summed E-state index contributed by atoms with van der Waals surface area (Å²) in [6.45, 7) is 1.36. The molecule has 11 heteroatoms. The molecule has 2 amide bonds. The van der Waals surface area contributed by atoms with E-state index < -0.39 is 10.0 Å². The Balaban J connectivity index is 1.39. The largest absolute Gasteiger partial charge is 0.379 e. The number of imidazole rings is 1. The molecule has 1 fully saturated rings. The molecule has 3 aromatic rings. The van der Waals surface area contributed by atoms with Crippen LogP contribution in [0.1, 0.15) is 12.2 Å². The van der Waals surface area contributed by atoms with Crippen LogP contribution >= 0.6 is 0 Å². The zero-order valence-corrected chi connectivity index (χ0v) is 20.6. The molecule has 1 saturated heterocycles. The van der Waals surface area contributed by atoms with Crippen molar-refractivity contribution in [1.29, 1.82) is 0 Å². The van der Waals surface area contributed by atoms with Crippen molar-refractivity contribution >= 4 is 38.6 Å². The van der Waals surface area contributed by atoms with Gasteiger partial charge in [-0.2, -0.15) is 4.31 Å². The number of carbonyl (C=O) groups is 2. The smallest absolute Gasteiger partial charge is 0.243 e. The highest BCUT2D eigenvalue weighted by Crippen LogP contribution is 2.23. The van der Waals surface area contributed by atoms with Crippen LogP contribution in [0.15, 0.2) is 53.4 Å². The van der Waals surface area contributed by atoms with E-state index in [-0.39, 0.29) is 29.7 Å². The Labute approximate surface area is 204 Å². The number of amides is 2. The average Bonchev–Trinajstić information content (AvgIpc) is 3.18. The maximum absolute atomic E-state index is 13.0. The molecule has 0 radical (unpaired) electrons. The van der Waals surface area contributed by atoms with E-state index in [1.807, 2.05) is 29.8 Å². The third-order valence-electron chi connectivity index (χ3n) is 5.98. The van der Waals surface area contributed by atoms with Crippen molar-refractivity contribution in [1.82, 2.24) is 18.8 Å². The van der Waals surface area contributed by atoms with Gasteiger partial charge in [-0.05, 0) is 30.3 Å². The van der Waals surface area contributed by atoms with Gasteiger partial charge in [0.25, 0.3) is 0 Å². The summed E-state index contributed by atoms with van der Waals surface area (Å²) >= 11 is 0. The Morgan fingerprint density at radius 2 is 1.83 bits per heavy atom. The number of ether oxygens (including phenoxy) is 1. The molecule has 2 heterocycles. The Kier molecular flexibility index (Phi) is 7.48. The summed E-state index contributed by atoms with van der Waals surface area (Å²) in [5.41, 5.74) is 2.01. The van der Waals surface area contributed by atoms with Crippen LogP contribution in [0.25, 0.3) is 11.0 Å². The maximum atomic E-state index is 13.0. The SMILES string of the molecule is CN(CC(=O)Nc1ccccc1)C(=O)CCc1nc2cc(S(=O)(=O)N3CCOCC3)ccc2n1C. The van der Waals surface area contributed by atoms with Crippen LogP contribution < -0.4 is 5.32 Å². The van der Waals surface area contributed by atoms with Crippen molar-refractivity contribution in [3.63, 3.8) is 0 Å². The molecule has 1 aliphatic heterocycles. The van der Waals surface area contributed by atoms with E-state index in [0.29, 0.717) is 49.8 Å². The van der Waals surface area contributed by atoms with Crippen molar-refractivity contribution < 1.29 is 22.7 Å². The van der Waals surface area contributed by atoms with Gasteiger partial charge in [0, 0.05) is 45.7 Å². The molecule has 1 aromatic heterocycles. The number of nitrogens with zero attached hydrogens (tertiary/aromatic N) is 4.